The summed E-state index contributed by atoms with van der Waals surface area (Å²) >= 11 is 10.4. The number of halogens is 1. The number of anilines is 1. The molecule has 3 rings (SSSR count). The van der Waals surface area contributed by atoms with Crippen LogP contribution in [-0.2, 0) is 11.2 Å². The van der Waals surface area contributed by atoms with E-state index in [1.807, 2.05) is 30.3 Å². The fourth-order valence-corrected chi connectivity index (χ4v) is 5.51. The van der Waals surface area contributed by atoms with Crippen molar-refractivity contribution in [2.75, 3.05) is 37.5 Å². The SMILES string of the molecule is CCN(C[C@@H]1CC[C@H]1[C@H](/C=C/CCCS)OC)c1cc(C(N)=O)ccc1OCCCCc1cccc(Cl)c1. The number of hydrogen-bond donors (Lipinski definition) is 2. The smallest absolute Gasteiger partial charge is 0.248 e. The zero-order valence-electron chi connectivity index (χ0n) is 22.8. The molecule has 2 aromatic rings. The van der Waals surface area contributed by atoms with Gasteiger partial charge in [0.1, 0.15) is 5.75 Å². The number of ether oxygens (including phenoxy) is 2. The summed E-state index contributed by atoms with van der Waals surface area (Å²) in [5, 5.41) is 0.771. The molecule has 2 aromatic carbocycles. The Morgan fingerprint density at radius 2 is 2.05 bits per heavy atom. The molecule has 38 heavy (non-hydrogen) atoms. The molecule has 208 valence electrons. The summed E-state index contributed by atoms with van der Waals surface area (Å²) in [6.45, 7) is 4.45. The number of methoxy groups -OCH3 is 1. The van der Waals surface area contributed by atoms with Gasteiger partial charge in [-0.05, 0) is 105 Å². The van der Waals surface area contributed by atoms with Gasteiger partial charge >= 0.3 is 0 Å². The molecular formula is C31H43ClN2O3S. The predicted molar refractivity (Wildman–Crippen MR) is 162 cm³/mol. The highest BCUT2D eigenvalue weighted by molar-refractivity contribution is 7.80. The van der Waals surface area contributed by atoms with E-state index in [9.17, 15) is 4.79 Å². The Bertz CT molecular complexity index is 1050. The fourth-order valence-electron chi connectivity index (χ4n) is 5.12. The second kappa shape index (κ2) is 16.1. The first-order valence-electron chi connectivity index (χ1n) is 13.8. The Labute approximate surface area is 239 Å². The first-order chi connectivity index (χ1) is 18.5. The van der Waals surface area contributed by atoms with Crippen LogP contribution in [0.1, 0.15) is 61.4 Å². The number of nitrogens with two attached hydrogens (primary N) is 1. The van der Waals surface area contributed by atoms with Crippen LogP contribution in [0.2, 0.25) is 5.02 Å². The first-order valence-corrected chi connectivity index (χ1v) is 14.8. The largest absolute Gasteiger partial charge is 0.491 e. The monoisotopic (exact) mass is 558 g/mol. The molecule has 1 fully saturated rings. The minimum absolute atomic E-state index is 0.125. The molecule has 0 aromatic heterocycles. The van der Waals surface area contributed by atoms with E-state index in [0.717, 1.165) is 73.8 Å². The van der Waals surface area contributed by atoms with Gasteiger partial charge in [-0.15, -0.1) is 0 Å². The molecule has 0 heterocycles. The maximum Gasteiger partial charge on any atom is 0.248 e. The minimum atomic E-state index is -0.428. The lowest BCUT2D eigenvalue weighted by molar-refractivity contribution is 0.0135. The van der Waals surface area contributed by atoms with E-state index in [2.05, 4.69) is 42.7 Å². The van der Waals surface area contributed by atoms with Crippen molar-refractivity contribution < 1.29 is 14.3 Å². The standard InChI is InChI=1S/C31H43ClN2O3S/c1-3-34(22-25-14-16-27(25)29(36-2)13-5-4-8-19-38)28-21-24(31(33)35)15-17-30(28)37-18-7-6-10-23-11-9-12-26(32)20-23/h5,9,11-13,15,17,20-21,25,27,29,38H,3-4,6-8,10,14,16,18-19,22H2,1-2H3,(H2,33,35)/b13-5+/t25-,27+,29-/m0/s1. The van der Waals surface area contributed by atoms with E-state index < -0.39 is 5.91 Å². The third kappa shape index (κ3) is 8.96. The van der Waals surface area contributed by atoms with E-state index in [-0.39, 0.29) is 6.10 Å². The number of carbonyl (C=O) groups is 1. The lowest BCUT2D eigenvalue weighted by atomic mass is 9.70. The average molecular weight is 559 g/mol. The number of amides is 1. The zero-order chi connectivity index (χ0) is 27.3. The van der Waals surface area contributed by atoms with E-state index >= 15 is 0 Å². The molecular weight excluding hydrogens is 516 g/mol. The number of hydrogen-bond acceptors (Lipinski definition) is 5. The van der Waals surface area contributed by atoms with Crippen LogP contribution >= 0.6 is 24.2 Å². The van der Waals surface area contributed by atoms with E-state index in [0.29, 0.717) is 24.0 Å². The number of aryl methyl sites for hydroxylation is 1. The van der Waals surface area contributed by atoms with Gasteiger partial charge in [0.25, 0.3) is 0 Å². The Hall–Kier alpha value is -2.15. The number of carbonyl (C=O) groups excluding carboxylic acids is 1. The summed E-state index contributed by atoms with van der Waals surface area (Å²) in [5.74, 6) is 2.26. The Balaban J connectivity index is 1.64. The van der Waals surface area contributed by atoms with Gasteiger partial charge in [-0.1, -0.05) is 35.9 Å². The number of thiol groups is 1. The quantitative estimate of drug-likeness (QED) is 0.125. The van der Waals surface area contributed by atoms with Crippen LogP contribution in [0.15, 0.2) is 54.6 Å². The number of unbranched alkanes of at least 4 members (excludes halogenated alkanes) is 2. The maximum atomic E-state index is 12.0. The number of benzene rings is 2. The van der Waals surface area contributed by atoms with Crippen molar-refractivity contribution in [3.63, 3.8) is 0 Å². The highest BCUT2D eigenvalue weighted by atomic mass is 35.5. The van der Waals surface area contributed by atoms with Gasteiger partial charge in [0.05, 0.1) is 18.4 Å². The van der Waals surface area contributed by atoms with Crippen molar-refractivity contribution in [2.24, 2.45) is 17.6 Å². The Kier molecular flexibility index (Phi) is 12.9. The highest BCUT2D eigenvalue weighted by Crippen LogP contribution is 2.41. The van der Waals surface area contributed by atoms with Gasteiger partial charge in [-0.2, -0.15) is 12.6 Å². The molecule has 0 bridgehead atoms. The number of nitrogens with zero attached hydrogens (tertiary/aromatic N) is 1. The van der Waals surface area contributed by atoms with Crippen LogP contribution in [0, 0.1) is 11.8 Å². The summed E-state index contributed by atoms with van der Waals surface area (Å²) < 4.78 is 12.1. The van der Waals surface area contributed by atoms with Crippen LogP contribution < -0.4 is 15.4 Å². The summed E-state index contributed by atoms with van der Waals surface area (Å²) in [4.78, 5) is 14.3. The average Bonchev–Trinajstić information content (AvgIpc) is 2.90. The molecule has 0 radical (unpaired) electrons. The minimum Gasteiger partial charge on any atom is -0.491 e. The van der Waals surface area contributed by atoms with E-state index in [1.54, 1.807) is 13.2 Å². The van der Waals surface area contributed by atoms with E-state index in [4.69, 9.17) is 26.8 Å². The van der Waals surface area contributed by atoms with Crippen LogP contribution in [0.3, 0.4) is 0 Å². The van der Waals surface area contributed by atoms with Crippen molar-refractivity contribution in [1.29, 1.82) is 0 Å². The Morgan fingerprint density at radius 1 is 1.21 bits per heavy atom. The van der Waals surface area contributed by atoms with Crippen LogP contribution in [0.4, 0.5) is 5.69 Å². The molecule has 3 atom stereocenters. The molecule has 1 aliphatic rings. The van der Waals surface area contributed by atoms with Crippen molar-refractivity contribution in [2.45, 2.75) is 58.0 Å². The van der Waals surface area contributed by atoms with Crippen LogP contribution in [-0.4, -0.2) is 44.6 Å². The number of rotatable bonds is 17. The molecule has 0 aliphatic heterocycles. The van der Waals surface area contributed by atoms with Gasteiger partial charge in [-0.3, -0.25) is 4.79 Å². The van der Waals surface area contributed by atoms with Gasteiger partial charge < -0.3 is 20.1 Å². The number of allylic oxidation sites excluding steroid dienone is 1. The zero-order valence-corrected chi connectivity index (χ0v) is 24.4. The lowest BCUT2D eigenvalue weighted by Crippen LogP contribution is -2.43. The molecule has 0 spiro atoms. The molecule has 1 saturated carbocycles. The Morgan fingerprint density at radius 3 is 2.71 bits per heavy atom. The summed E-state index contributed by atoms with van der Waals surface area (Å²) in [6, 6.07) is 13.5. The topological polar surface area (TPSA) is 64.8 Å². The lowest BCUT2D eigenvalue weighted by Gasteiger charge is -2.43. The van der Waals surface area contributed by atoms with Crippen molar-refractivity contribution in [3.8, 4) is 5.75 Å². The van der Waals surface area contributed by atoms with Crippen LogP contribution in [0.5, 0.6) is 5.75 Å². The molecule has 2 N–H and O–H groups in total. The maximum absolute atomic E-state index is 12.0. The second-order valence-electron chi connectivity index (χ2n) is 10.0. The summed E-state index contributed by atoms with van der Waals surface area (Å²) in [5.41, 5.74) is 8.30. The molecule has 0 unspecified atom stereocenters. The van der Waals surface area contributed by atoms with Gasteiger partial charge in [0.15, 0.2) is 0 Å². The molecule has 0 saturated heterocycles. The molecule has 1 aliphatic carbocycles. The van der Waals surface area contributed by atoms with Crippen molar-refractivity contribution in [1.82, 2.24) is 0 Å². The first kappa shape index (κ1) is 30.4. The molecule has 5 nitrogen and oxygen atoms in total. The van der Waals surface area contributed by atoms with Gasteiger partial charge in [-0.25, -0.2) is 0 Å². The van der Waals surface area contributed by atoms with E-state index in [1.165, 1.54) is 12.0 Å². The fraction of sp³-hybridized carbons (Fsp3) is 0.516. The number of primary amides is 1. The van der Waals surface area contributed by atoms with Crippen molar-refractivity contribution >= 4 is 35.8 Å². The highest BCUT2D eigenvalue weighted by Gasteiger charge is 2.37. The normalized spacial score (nSPS) is 17.8. The van der Waals surface area contributed by atoms with Gasteiger partial charge in [0.2, 0.25) is 5.91 Å². The van der Waals surface area contributed by atoms with Crippen LogP contribution in [0.25, 0.3) is 0 Å². The molecule has 7 heteroatoms. The second-order valence-corrected chi connectivity index (χ2v) is 10.9. The third-order valence-electron chi connectivity index (χ3n) is 7.45. The van der Waals surface area contributed by atoms with Crippen molar-refractivity contribution in [3.05, 3.63) is 70.8 Å². The summed E-state index contributed by atoms with van der Waals surface area (Å²) in [7, 11) is 1.80. The third-order valence-corrected chi connectivity index (χ3v) is 8.00. The molecule has 1 amide bonds. The predicted octanol–water partition coefficient (Wildman–Crippen LogP) is 6.97. The summed E-state index contributed by atoms with van der Waals surface area (Å²) in [6.07, 6.45) is 11.9. The van der Waals surface area contributed by atoms with Gasteiger partial charge in [0, 0.05) is 30.8 Å².